The lowest BCUT2D eigenvalue weighted by Gasteiger charge is -2.18. The standard InChI is InChI=1S/C12H17NO3S/c1-4-9-6-7-10(17-9)12(15)13(5-2)8-11(14)16-3/h6-7H,4-5,8H2,1-3H3. The Hall–Kier alpha value is -1.36. The molecule has 0 atom stereocenters. The van der Waals surface area contributed by atoms with Gasteiger partial charge in [0, 0.05) is 11.4 Å². The molecule has 1 rings (SSSR count). The molecule has 1 heterocycles. The van der Waals surface area contributed by atoms with Gasteiger partial charge in [-0.3, -0.25) is 9.59 Å². The average Bonchev–Trinajstić information content (AvgIpc) is 2.83. The van der Waals surface area contributed by atoms with Crippen LogP contribution in [0.15, 0.2) is 12.1 Å². The lowest BCUT2D eigenvalue weighted by atomic mass is 10.3. The van der Waals surface area contributed by atoms with Crippen molar-refractivity contribution in [1.82, 2.24) is 4.90 Å². The van der Waals surface area contributed by atoms with Crippen LogP contribution in [0.25, 0.3) is 0 Å². The highest BCUT2D eigenvalue weighted by molar-refractivity contribution is 7.14. The van der Waals surface area contributed by atoms with E-state index in [1.165, 1.54) is 28.2 Å². The summed E-state index contributed by atoms with van der Waals surface area (Å²) in [5, 5.41) is 0. The second-order valence-electron chi connectivity index (χ2n) is 3.51. The fourth-order valence-corrected chi connectivity index (χ4v) is 2.30. The van der Waals surface area contributed by atoms with E-state index in [-0.39, 0.29) is 12.5 Å². The van der Waals surface area contributed by atoms with Gasteiger partial charge in [0.25, 0.3) is 5.91 Å². The van der Waals surface area contributed by atoms with Crippen LogP contribution in [-0.4, -0.2) is 37.0 Å². The lowest BCUT2D eigenvalue weighted by Crippen LogP contribution is -2.35. The molecule has 0 unspecified atom stereocenters. The van der Waals surface area contributed by atoms with E-state index in [2.05, 4.69) is 4.74 Å². The molecule has 0 bridgehead atoms. The predicted molar refractivity (Wildman–Crippen MR) is 67.3 cm³/mol. The number of thiophene rings is 1. The Labute approximate surface area is 105 Å². The smallest absolute Gasteiger partial charge is 0.325 e. The fraction of sp³-hybridized carbons (Fsp3) is 0.500. The van der Waals surface area contributed by atoms with Crippen molar-refractivity contribution in [1.29, 1.82) is 0 Å². The van der Waals surface area contributed by atoms with Gasteiger partial charge in [-0.05, 0) is 25.5 Å². The second kappa shape index (κ2) is 6.39. The molecule has 4 nitrogen and oxygen atoms in total. The minimum absolute atomic E-state index is 0.00515. The van der Waals surface area contributed by atoms with Crippen LogP contribution in [0.5, 0.6) is 0 Å². The van der Waals surface area contributed by atoms with Crippen molar-refractivity contribution in [2.45, 2.75) is 20.3 Å². The molecule has 1 aromatic rings. The van der Waals surface area contributed by atoms with Gasteiger partial charge in [0.1, 0.15) is 6.54 Å². The van der Waals surface area contributed by atoms with E-state index in [1.54, 1.807) is 0 Å². The molecule has 0 fully saturated rings. The molecule has 1 amide bonds. The summed E-state index contributed by atoms with van der Waals surface area (Å²) in [6.45, 7) is 4.39. The van der Waals surface area contributed by atoms with Gasteiger partial charge >= 0.3 is 5.97 Å². The van der Waals surface area contributed by atoms with Gasteiger partial charge in [-0.2, -0.15) is 0 Å². The summed E-state index contributed by atoms with van der Waals surface area (Å²) in [6.07, 6.45) is 0.918. The average molecular weight is 255 g/mol. The minimum Gasteiger partial charge on any atom is -0.468 e. The number of rotatable bonds is 5. The first-order valence-corrected chi connectivity index (χ1v) is 6.38. The second-order valence-corrected chi connectivity index (χ2v) is 4.68. The van der Waals surface area contributed by atoms with Crippen LogP contribution in [-0.2, 0) is 16.0 Å². The zero-order valence-corrected chi connectivity index (χ0v) is 11.2. The van der Waals surface area contributed by atoms with Gasteiger partial charge in [-0.25, -0.2) is 0 Å². The maximum Gasteiger partial charge on any atom is 0.325 e. The van der Waals surface area contributed by atoms with Crippen molar-refractivity contribution in [2.75, 3.05) is 20.2 Å². The topological polar surface area (TPSA) is 46.6 Å². The number of nitrogens with zero attached hydrogens (tertiary/aromatic N) is 1. The molecular weight excluding hydrogens is 238 g/mol. The van der Waals surface area contributed by atoms with Gasteiger partial charge in [-0.1, -0.05) is 6.92 Å². The number of ether oxygens (including phenoxy) is 1. The molecule has 0 aromatic carbocycles. The fourth-order valence-electron chi connectivity index (χ4n) is 1.39. The Bertz CT molecular complexity index is 400. The first-order chi connectivity index (χ1) is 8.12. The van der Waals surface area contributed by atoms with E-state index in [1.807, 2.05) is 26.0 Å². The molecule has 0 aliphatic carbocycles. The van der Waals surface area contributed by atoms with E-state index < -0.39 is 5.97 Å². The van der Waals surface area contributed by atoms with Crippen LogP contribution in [0, 0.1) is 0 Å². The number of hydrogen-bond acceptors (Lipinski definition) is 4. The van der Waals surface area contributed by atoms with E-state index >= 15 is 0 Å². The van der Waals surface area contributed by atoms with Gasteiger partial charge in [0.15, 0.2) is 0 Å². The van der Waals surface area contributed by atoms with Crippen molar-refractivity contribution in [2.24, 2.45) is 0 Å². The molecule has 94 valence electrons. The highest BCUT2D eigenvalue weighted by Crippen LogP contribution is 2.18. The largest absolute Gasteiger partial charge is 0.468 e. The highest BCUT2D eigenvalue weighted by atomic mass is 32.1. The van der Waals surface area contributed by atoms with E-state index in [0.29, 0.717) is 11.4 Å². The van der Waals surface area contributed by atoms with Crippen LogP contribution in [0.3, 0.4) is 0 Å². The van der Waals surface area contributed by atoms with Crippen LogP contribution in [0.2, 0.25) is 0 Å². The zero-order valence-electron chi connectivity index (χ0n) is 10.4. The quantitative estimate of drug-likeness (QED) is 0.755. The Morgan fingerprint density at radius 1 is 1.35 bits per heavy atom. The van der Waals surface area contributed by atoms with Crippen molar-refractivity contribution < 1.29 is 14.3 Å². The minimum atomic E-state index is -0.396. The maximum atomic E-state index is 12.1. The van der Waals surface area contributed by atoms with E-state index in [0.717, 1.165) is 6.42 Å². The van der Waals surface area contributed by atoms with Gasteiger partial charge < -0.3 is 9.64 Å². The molecule has 0 radical (unpaired) electrons. The Kier molecular flexibility index (Phi) is 5.15. The Morgan fingerprint density at radius 3 is 2.53 bits per heavy atom. The van der Waals surface area contributed by atoms with E-state index in [4.69, 9.17) is 0 Å². The van der Waals surface area contributed by atoms with Gasteiger partial charge in [0.05, 0.1) is 12.0 Å². The zero-order chi connectivity index (χ0) is 12.8. The van der Waals surface area contributed by atoms with Gasteiger partial charge in [0.2, 0.25) is 0 Å². The molecule has 1 aromatic heterocycles. The lowest BCUT2D eigenvalue weighted by molar-refractivity contribution is -0.141. The summed E-state index contributed by atoms with van der Waals surface area (Å²) in [7, 11) is 1.32. The summed E-state index contributed by atoms with van der Waals surface area (Å²) in [4.78, 5) is 26.6. The first-order valence-electron chi connectivity index (χ1n) is 5.57. The molecule has 17 heavy (non-hydrogen) atoms. The van der Waals surface area contributed by atoms with Crippen LogP contribution < -0.4 is 0 Å². The molecule has 0 spiro atoms. The molecular formula is C12H17NO3S. The highest BCUT2D eigenvalue weighted by Gasteiger charge is 2.18. The maximum absolute atomic E-state index is 12.1. The summed E-state index contributed by atoms with van der Waals surface area (Å²) in [6, 6.07) is 3.76. The number of amides is 1. The Morgan fingerprint density at radius 2 is 2.06 bits per heavy atom. The molecule has 0 saturated carbocycles. The summed E-state index contributed by atoms with van der Waals surface area (Å²) >= 11 is 1.48. The van der Waals surface area contributed by atoms with E-state index in [9.17, 15) is 9.59 Å². The monoisotopic (exact) mass is 255 g/mol. The number of likely N-dealkylation sites (N-methyl/N-ethyl adjacent to an activating group) is 1. The number of carbonyl (C=O) groups excluding carboxylic acids is 2. The number of esters is 1. The third-order valence-electron chi connectivity index (χ3n) is 2.44. The normalized spacial score (nSPS) is 10.1. The van der Waals surface area contributed by atoms with Crippen molar-refractivity contribution in [3.05, 3.63) is 21.9 Å². The summed E-state index contributed by atoms with van der Waals surface area (Å²) in [5.41, 5.74) is 0. The number of carbonyl (C=O) groups is 2. The number of hydrogen-bond donors (Lipinski definition) is 0. The molecule has 0 saturated heterocycles. The van der Waals surface area contributed by atoms with Gasteiger partial charge in [-0.15, -0.1) is 11.3 Å². The van der Waals surface area contributed by atoms with Crippen molar-refractivity contribution >= 4 is 23.2 Å². The molecule has 5 heteroatoms. The van der Waals surface area contributed by atoms with Crippen molar-refractivity contribution in [3.8, 4) is 0 Å². The summed E-state index contributed by atoms with van der Waals surface area (Å²) in [5.74, 6) is -0.505. The number of methoxy groups -OCH3 is 1. The SMILES string of the molecule is CCc1ccc(C(=O)N(CC)CC(=O)OC)s1. The Balaban J connectivity index is 2.75. The van der Waals surface area contributed by atoms with Crippen LogP contribution in [0.1, 0.15) is 28.4 Å². The predicted octanol–water partition coefficient (Wildman–Crippen LogP) is 1.95. The molecule has 0 aliphatic heterocycles. The third kappa shape index (κ3) is 3.56. The van der Waals surface area contributed by atoms with Crippen LogP contribution in [0.4, 0.5) is 0 Å². The van der Waals surface area contributed by atoms with Crippen molar-refractivity contribution in [3.63, 3.8) is 0 Å². The number of aryl methyl sites for hydroxylation is 1. The van der Waals surface area contributed by atoms with Crippen LogP contribution >= 0.6 is 11.3 Å². The molecule has 0 N–H and O–H groups in total. The molecule has 0 aliphatic rings. The first kappa shape index (κ1) is 13.7. The summed E-state index contributed by atoms with van der Waals surface area (Å²) < 4.78 is 4.57. The third-order valence-corrected chi connectivity index (χ3v) is 3.66.